The van der Waals surface area contributed by atoms with Gasteiger partial charge in [0, 0.05) is 120 Å². The van der Waals surface area contributed by atoms with Gasteiger partial charge in [0.25, 0.3) is 0 Å². The predicted molar refractivity (Wildman–Crippen MR) is 350 cm³/mol. The first-order chi connectivity index (χ1) is 43.6. The summed E-state index contributed by atoms with van der Waals surface area (Å²) >= 11 is 0. The SMILES string of the molecule is CN(C[C@@H]1Cc2c(cc(C3CC[C@H](N(C)C[C@H]4Cc5c(cc(C6CC[C@H](N(C)C[C@@H]7Cc8c(cccc8C8COCCN8)CN7)c7ncccc76)cc5C5COCCN5)CN4)c4ncccc43)cc2N2CCS(=O)(=O)CC2)CN1)[C@H]1CCCc2cccnc21. The topological polar surface area (TPSA) is 164 Å². The molecule has 3 aromatic heterocycles. The number of anilines is 1. The lowest BCUT2D eigenvalue weighted by Crippen LogP contribution is -2.46. The minimum atomic E-state index is -3.06. The fraction of sp³-hybridized carbons (Fsp3) is 0.542. The molecule has 4 unspecified atom stereocenters. The molecule has 6 aliphatic heterocycles. The smallest absolute Gasteiger partial charge is 0.153 e. The van der Waals surface area contributed by atoms with E-state index in [0.29, 0.717) is 31.8 Å². The first-order valence-electron chi connectivity index (χ1n) is 33.7. The molecule has 0 bridgehead atoms. The van der Waals surface area contributed by atoms with Crippen molar-refractivity contribution in [2.45, 2.75) is 144 Å². The van der Waals surface area contributed by atoms with E-state index in [-0.39, 0.29) is 59.6 Å². The van der Waals surface area contributed by atoms with Gasteiger partial charge in [-0.3, -0.25) is 29.7 Å². The van der Waals surface area contributed by atoms with Crippen LogP contribution < -0.4 is 31.5 Å². The molecule has 15 rings (SSSR count). The molecule has 16 nitrogen and oxygen atoms in total. The number of sulfone groups is 1. The second kappa shape index (κ2) is 25.9. The van der Waals surface area contributed by atoms with Crippen LogP contribution in [-0.2, 0) is 64.6 Å². The Balaban J connectivity index is 0.645. The van der Waals surface area contributed by atoms with Gasteiger partial charge in [0.1, 0.15) is 0 Å². The first kappa shape index (κ1) is 59.7. The van der Waals surface area contributed by atoms with Gasteiger partial charge in [-0.2, -0.15) is 0 Å². The molecule has 0 radical (unpaired) electrons. The third-order valence-electron chi connectivity index (χ3n) is 22.1. The summed E-state index contributed by atoms with van der Waals surface area (Å²) < 4.78 is 37.9. The molecule has 9 aliphatic rings. The molecule has 17 heteroatoms. The van der Waals surface area contributed by atoms with Crippen LogP contribution in [0.4, 0.5) is 5.69 Å². The number of rotatable bonds is 14. The summed E-state index contributed by atoms with van der Waals surface area (Å²) in [6.07, 6.45) is 16.4. The fourth-order valence-electron chi connectivity index (χ4n) is 17.5. The molecule has 3 fully saturated rings. The minimum absolute atomic E-state index is 0.139. The number of aryl methyl sites for hydroxylation is 1. The van der Waals surface area contributed by atoms with E-state index in [4.69, 9.17) is 24.4 Å². The predicted octanol–water partition coefficient (Wildman–Crippen LogP) is 7.68. The summed E-state index contributed by atoms with van der Waals surface area (Å²) in [7, 11) is 3.85. The number of nitrogens with zero attached hydrogens (tertiary/aromatic N) is 7. The van der Waals surface area contributed by atoms with E-state index in [2.05, 4.69) is 146 Å². The molecule has 0 spiro atoms. The highest BCUT2D eigenvalue weighted by atomic mass is 32.2. The Bertz CT molecular complexity index is 3630. The maximum Gasteiger partial charge on any atom is 0.153 e. The van der Waals surface area contributed by atoms with Gasteiger partial charge >= 0.3 is 0 Å². The summed E-state index contributed by atoms with van der Waals surface area (Å²) in [5.74, 6) is 0.848. The number of morpholine rings is 2. The van der Waals surface area contributed by atoms with E-state index in [1.807, 2.05) is 18.6 Å². The van der Waals surface area contributed by atoms with Crippen LogP contribution in [-0.4, -0.2) is 161 Å². The number of likely N-dealkylation sites (N-methyl/N-ethyl adjacent to an activating group) is 3. The minimum Gasteiger partial charge on any atom is -0.378 e. The Morgan fingerprint density at radius 1 is 0.517 bits per heavy atom. The highest BCUT2D eigenvalue weighted by molar-refractivity contribution is 7.91. The Hall–Kier alpha value is -5.54. The Kier molecular flexibility index (Phi) is 17.4. The Labute approximate surface area is 527 Å². The number of pyridine rings is 3. The second-order valence-electron chi connectivity index (χ2n) is 27.6. The van der Waals surface area contributed by atoms with Gasteiger partial charge in [0.2, 0.25) is 0 Å². The lowest BCUT2D eigenvalue weighted by atomic mass is 9.76. The van der Waals surface area contributed by atoms with E-state index >= 15 is 0 Å². The van der Waals surface area contributed by atoms with Crippen LogP contribution in [0.3, 0.4) is 0 Å². The average Bonchev–Trinajstić information content (AvgIpc) is 1.08. The standard InChI is InChI=1S/C72H92N12O4S/c1-81(66-15-5-9-46-11-6-20-75-70(46)66)43-54-37-62-51(40-80-54)32-49(34-69(62)84-25-29-89(85,86)30-26-84)56-17-19-68(72-59(56)14-8-22-77-72)83(3)42-53-36-61-50(39-79-53)31-48(33-63(61)65-45-88-28-24-74-65)55-16-18-67(71-58(55)13-7-21-76-71)82(2)41-52-35-60-47(38-78-52)10-4-12-57(60)64-44-87-27-23-73-64/h4,6-8,10-14,20-22,31-34,52-56,64-68,73-74,78-80H,5,9,15-19,23-30,35-45H2,1-3H3/t52-,53+,54-,55?,56?,64?,65?,66-,67-,68-/m0/s1. The van der Waals surface area contributed by atoms with Crippen LogP contribution in [0.25, 0.3) is 0 Å². The first-order valence-corrected chi connectivity index (χ1v) is 35.5. The van der Waals surface area contributed by atoms with Gasteiger partial charge in [0.15, 0.2) is 9.84 Å². The number of benzene rings is 3. The largest absolute Gasteiger partial charge is 0.378 e. The van der Waals surface area contributed by atoms with E-state index < -0.39 is 9.84 Å². The second-order valence-corrected chi connectivity index (χ2v) is 29.9. The van der Waals surface area contributed by atoms with Crippen molar-refractivity contribution in [2.75, 3.05) is 110 Å². The van der Waals surface area contributed by atoms with Crippen LogP contribution >= 0.6 is 0 Å². The normalized spacial score (nSPS) is 28.3. The maximum atomic E-state index is 12.9. The third-order valence-corrected chi connectivity index (χ3v) is 23.7. The molecule has 3 aliphatic carbocycles. The molecular weight excluding hydrogens is 1130 g/mol. The molecule has 10 atom stereocenters. The summed E-state index contributed by atoms with van der Waals surface area (Å²) in [5, 5.41) is 19.6. The number of nitrogens with one attached hydrogen (secondary N) is 5. The van der Waals surface area contributed by atoms with Crippen LogP contribution in [0.1, 0.15) is 170 Å². The molecule has 470 valence electrons. The van der Waals surface area contributed by atoms with Gasteiger partial charge in [-0.25, -0.2) is 8.42 Å². The lowest BCUT2D eigenvalue weighted by Gasteiger charge is -2.41. The van der Waals surface area contributed by atoms with E-state index in [9.17, 15) is 8.42 Å². The van der Waals surface area contributed by atoms with Crippen molar-refractivity contribution in [3.63, 3.8) is 0 Å². The zero-order valence-corrected chi connectivity index (χ0v) is 53.4. The van der Waals surface area contributed by atoms with Crippen molar-refractivity contribution in [2.24, 2.45) is 0 Å². The average molecular weight is 1220 g/mol. The van der Waals surface area contributed by atoms with Crippen molar-refractivity contribution >= 4 is 15.5 Å². The molecule has 5 N–H and O–H groups in total. The van der Waals surface area contributed by atoms with Gasteiger partial charge in [-0.15, -0.1) is 0 Å². The van der Waals surface area contributed by atoms with Crippen molar-refractivity contribution in [1.82, 2.24) is 56.2 Å². The molecule has 6 aromatic rings. The number of hydrogen-bond acceptors (Lipinski definition) is 16. The summed E-state index contributed by atoms with van der Waals surface area (Å²) in [6.45, 7) is 11.0. The van der Waals surface area contributed by atoms with Crippen molar-refractivity contribution in [3.05, 3.63) is 187 Å². The van der Waals surface area contributed by atoms with E-state index in [0.717, 1.165) is 130 Å². The Morgan fingerprint density at radius 3 is 1.61 bits per heavy atom. The van der Waals surface area contributed by atoms with E-state index in [1.165, 1.54) is 102 Å². The van der Waals surface area contributed by atoms with Gasteiger partial charge < -0.3 is 41.0 Å². The summed E-state index contributed by atoms with van der Waals surface area (Å²) in [4.78, 5) is 25.4. The van der Waals surface area contributed by atoms with Gasteiger partial charge in [0.05, 0.1) is 85.2 Å². The van der Waals surface area contributed by atoms with Crippen LogP contribution in [0.5, 0.6) is 0 Å². The van der Waals surface area contributed by atoms with Crippen LogP contribution in [0, 0.1) is 0 Å². The van der Waals surface area contributed by atoms with Gasteiger partial charge in [-0.05, 0) is 182 Å². The van der Waals surface area contributed by atoms with Gasteiger partial charge in [-0.1, -0.05) is 54.6 Å². The molecule has 9 heterocycles. The number of ether oxygens (including phenoxy) is 2. The summed E-state index contributed by atoms with van der Waals surface area (Å²) in [5.41, 5.74) is 23.0. The highest BCUT2D eigenvalue weighted by Crippen LogP contribution is 2.47. The van der Waals surface area contributed by atoms with Crippen LogP contribution in [0.2, 0.25) is 0 Å². The van der Waals surface area contributed by atoms with Crippen LogP contribution in [0.15, 0.2) is 97.5 Å². The monoisotopic (exact) mass is 1220 g/mol. The molecule has 3 saturated heterocycles. The zero-order valence-electron chi connectivity index (χ0n) is 52.6. The maximum absolute atomic E-state index is 12.9. The lowest BCUT2D eigenvalue weighted by molar-refractivity contribution is 0.0764. The quantitative estimate of drug-likeness (QED) is 0.0721. The molecule has 0 saturated carbocycles. The third kappa shape index (κ3) is 12.3. The zero-order chi connectivity index (χ0) is 60.2. The summed E-state index contributed by atoms with van der Waals surface area (Å²) in [6, 6.07) is 32.1. The fourth-order valence-corrected chi connectivity index (χ4v) is 18.7. The van der Waals surface area contributed by atoms with E-state index in [1.54, 1.807) is 0 Å². The number of fused-ring (bicyclic) bond motifs is 6. The Morgan fingerprint density at radius 2 is 1.01 bits per heavy atom. The van der Waals surface area contributed by atoms with Crippen molar-refractivity contribution in [3.8, 4) is 0 Å². The molecule has 89 heavy (non-hydrogen) atoms. The molecule has 3 aromatic carbocycles. The molecule has 0 amide bonds. The van der Waals surface area contributed by atoms with Crippen molar-refractivity contribution in [1.29, 1.82) is 0 Å². The van der Waals surface area contributed by atoms with Crippen molar-refractivity contribution < 1.29 is 17.9 Å². The molecular formula is C72H92N12O4S. The number of hydrogen-bond donors (Lipinski definition) is 5. The number of aromatic nitrogens is 3. The highest BCUT2D eigenvalue weighted by Gasteiger charge is 2.39.